The van der Waals surface area contributed by atoms with E-state index in [1.807, 2.05) is 0 Å². The molecule has 1 saturated heterocycles. The summed E-state index contributed by atoms with van der Waals surface area (Å²) in [5.74, 6) is -0.0923. The Hall–Kier alpha value is -2.56. The molecular formula is C22H27ClFN5O3S. The quantitative estimate of drug-likeness (QED) is 0.584. The van der Waals surface area contributed by atoms with Gasteiger partial charge in [-0.15, -0.1) is 12.4 Å². The number of anilines is 1. The average Bonchev–Trinajstić information content (AvgIpc) is 2.77. The Balaban J connectivity index is 0.00000306. The van der Waals surface area contributed by atoms with E-state index in [2.05, 4.69) is 15.3 Å². The van der Waals surface area contributed by atoms with Gasteiger partial charge in [-0.1, -0.05) is 18.2 Å². The summed E-state index contributed by atoms with van der Waals surface area (Å²) in [5, 5.41) is 3.44. The molecule has 33 heavy (non-hydrogen) atoms. The lowest BCUT2D eigenvalue weighted by Crippen LogP contribution is -2.45. The van der Waals surface area contributed by atoms with Crippen LogP contribution in [0.3, 0.4) is 0 Å². The van der Waals surface area contributed by atoms with E-state index in [4.69, 9.17) is 0 Å². The third-order valence-corrected chi connectivity index (χ3v) is 8.13. The molecule has 0 unspecified atom stereocenters. The summed E-state index contributed by atoms with van der Waals surface area (Å²) in [6, 6.07) is 7.79. The maximum absolute atomic E-state index is 14.2. The van der Waals surface area contributed by atoms with E-state index in [1.54, 1.807) is 51.4 Å². The zero-order valence-corrected chi connectivity index (χ0v) is 20.3. The van der Waals surface area contributed by atoms with Crippen LogP contribution in [-0.4, -0.2) is 51.6 Å². The van der Waals surface area contributed by atoms with Crippen LogP contribution in [-0.2, 0) is 17.1 Å². The van der Waals surface area contributed by atoms with Crippen LogP contribution in [0.15, 0.2) is 41.3 Å². The van der Waals surface area contributed by atoms with Crippen molar-refractivity contribution in [3.8, 4) is 11.1 Å². The van der Waals surface area contributed by atoms with Gasteiger partial charge in [0.15, 0.2) is 0 Å². The van der Waals surface area contributed by atoms with Gasteiger partial charge in [-0.2, -0.15) is 4.98 Å². The molecule has 11 heteroatoms. The minimum absolute atomic E-state index is 0. The van der Waals surface area contributed by atoms with Gasteiger partial charge in [-0.3, -0.25) is 9.36 Å². The Morgan fingerprint density at radius 3 is 2.45 bits per heavy atom. The molecule has 1 aliphatic heterocycles. The Kier molecular flexibility index (Phi) is 7.40. The molecule has 0 aliphatic carbocycles. The van der Waals surface area contributed by atoms with E-state index in [-0.39, 0.29) is 35.1 Å². The van der Waals surface area contributed by atoms with Crippen LogP contribution in [0.2, 0.25) is 0 Å². The summed E-state index contributed by atoms with van der Waals surface area (Å²) in [7, 11) is -1.66. The van der Waals surface area contributed by atoms with E-state index in [9.17, 15) is 17.6 Å². The molecule has 178 valence electrons. The topological polar surface area (TPSA) is 97.2 Å². The Bertz CT molecular complexity index is 1320. The molecule has 3 aromatic rings. The lowest BCUT2D eigenvalue weighted by atomic mass is 10.1. The second kappa shape index (κ2) is 9.74. The van der Waals surface area contributed by atoms with Gasteiger partial charge in [0.1, 0.15) is 11.5 Å². The van der Waals surface area contributed by atoms with Gasteiger partial charge in [0.25, 0.3) is 5.56 Å². The molecule has 0 radical (unpaired) electrons. The number of sulfonamides is 1. The van der Waals surface area contributed by atoms with Crippen LogP contribution in [0.1, 0.15) is 26.7 Å². The molecule has 0 atom stereocenters. The molecule has 8 nitrogen and oxygen atoms in total. The number of rotatable bonds is 5. The van der Waals surface area contributed by atoms with E-state index in [0.29, 0.717) is 42.9 Å². The number of aryl methyl sites for hydroxylation is 1. The van der Waals surface area contributed by atoms with Gasteiger partial charge in [-0.05, 0) is 38.8 Å². The first-order valence-electron chi connectivity index (χ1n) is 10.6. The maximum atomic E-state index is 14.2. The van der Waals surface area contributed by atoms with Gasteiger partial charge in [0.05, 0.1) is 10.8 Å². The largest absolute Gasteiger partial charge is 0.351 e. The fourth-order valence-corrected chi connectivity index (χ4v) is 5.24. The third-order valence-electron chi connectivity index (χ3n) is 5.86. The predicted octanol–water partition coefficient (Wildman–Crippen LogP) is 3.17. The van der Waals surface area contributed by atoms with E-state index >= 15 is 0 Å². The second-order valence-corrected chi connectivity index (χ2v) is 10.8. The normalized spacial score (nSPS) is 15.5. The highest BCUT2D eigenvalue weighted by Gasteiger charge is 2.30. The molecule has 0 bridgehead atoms. The van der Waals surface area contributed by atoms with Crippen molar-refractivity contribution in [2.24, 2.45) is 7.05 Å². The highest BCUT2D eigenvalue weighted by molar-refractivity contribution is 7.89. The number of nitrogens with zero attached hydrogens (tertiary/aromatic N) is 4. The summed E-state index contributed by atoms with van der Waals surface area (Å²) < 4.78 is 41.8. The van der Waals surface area contributed by atoms with Crippen molar-refractivity contribution in [3.63, 3.8) is 0 Å². The molecule has 1 aliphatic rings. The van der Waals surface area contributed by atoms with Crippen molar-refractivity contribution in [2.75, 3.05) is 18.4 Å². The van der Waals surface area contributed by atoms with Gasteiger partial charge in [-0.25, -0.2) is 22.1 Å². The minimum atomic E-state index is -3.26. The van der Waals surface area contributed by atoms with Crippen molar-refractivity contribution in [3.05, 3.63) is 52.7 Å². The lowest BCUT2D eigenvalue weighted by Gasteiger charge is -2.32. The Morgan fingerprint density at radius 2 is 1.82 bits per heavy atom. The van der Waals surface area contributed by atoms with Gasteiger partial charge in [0, 0.05) is 43.3 Å². The molecule has 3 heterocycles. The molecule has 4 rings (SSSR count). The van der Waals surface area contributed by atoms with Crippen LogP contribution in [0.4, 0.5) is 10.3 Å². The fraction of sp³-hybridized carbons (Fsp3) is 0.409. The van der Waals surface area contributed by atoms with Crippen molar-refractivity contribution in [2.45, 2.75) is 38.0 Å². The summed E-state index contributed by atoms with van der Waals surface area (Å²) in [6.45, 7) is 4.25. The number of nitrogens with one attached hydrogen (secondary N) is 1. The minimum Gasteiger partial charge on any atom is -0.351 e. The highest BCUT2D eigenvalue weighted by Crippen LogP contribution is 2.24. The number of hydrogen-bond acceptors (Lipinski definition) is 6. The smallest absolute Gasteiger partial charge is 0.259 e. The maximum Gasteiger partial charge on any atom is 0.259 e. The molecule has 0 saturated carbocycles. The van der Waals surface area contributed by atoms with E-state index in [1.165, 1.54) is 14.9 Å². The van der Waals surface area contributed by atoms with Crippen LogP contribution in [0, 0.1) is 5.82 Å². The molecule has 2 aromatic heterocycles. The van der Waals surface area contributed by atoms with Crippen LogP contribution in [0.5, 0.6) is 0 Å². The van der Waals surface area contributed by atoms with Crippen molar-refractivity contribution in [1.29, 1.82) is 0 Å². The fourth-order valence-electron chi connectivity index (χ4n) is 3.92. The summed E-state index contributed by atoms with van der Waals surface area (Å²) in [4.78, 5) is 21.7. The number of aromatic nitrogens is 3. The molecule has 1 fully saturated rings. The van der Waals surface area contributed by atoms with Gasteiger partial charge in [0.2, 0.25) is 16.0 Å². The first kappa shape index (κ1) is 25.1. The molecule has 1 N–H and O–H groups in total. The van der Waals surface area contributed by atoms with E-state index in [0.717, 1.165) is 0 Å². The van der Waals surface area contributed by atoms with E-state index < -0.39 is 21.1 Å². The lowest BCUT2D eigenvalue weighted by molar-refractivity contribution is 0.326. The number of fused-ring (bicyclic) bond motifs is 1. The zero-order valence-electron chi connectivity index (χ0n) is 18.7. The SMILES string of the molecule is CC(C)S(=O)(=O)N1CCC(Nc2ncc3cc(-c4ccccc4F)c(=O)n(C)c3n2)CC1.Cl. The summed E-state index contributed by atoms with van der Waals surface area (Å²) in [6.07, 6.45) is 2.88. The van der Waals surface area contributed by atoms with Crippen molar-refractivity contribution in [1.82, 2.24) is 18.8 Å². The first-order valence-corrected chi connectivity index (χ1v) is 12.1. The Labute approximate surface area is 198 Å². The van der Waals surface area contributed by atoms with Crippen molar-refractivity contribution >= 4 is 39.4 Å². The Morgan fingerprint density at radius 1 is 1.15 bits per heavy atom. The van der Waals surface area contributed by atoms with Gasteiger partial charge < -0.3 is 5.32 Å². The van der Waals surface area contributed by atoms with Crippen molar-refractivity contribution < 1.29 is 12.8 Å². The molecular weight excluding hydrogens is 469 g/mol. The standard InChI is InChI=1S/C22H26FN5O3S.ClH/c1-14(2)32(30,31)28-10-8-16(9-11-28)25-22-24-13-15-12-18(17-6-4-5-7-19(17)23)21(29)27(3)20(15)26-22;/h4-7,12-14,16H,8-11H2,1-3H3,(H,24,25,26);1H. The molecule has 1 aromatic carbocycles. The summed E-state index contributed by atoms with van der Waals surface area (Å²) in [5.41, 5.74) is 0.577. The average molecular weight is 496 g/mol. The first-order chi connectivity index (χ1) is 15.2. The van der Waals surface area contributed by atoms with Crippen LogP contribution < -0.4 is 10.9 Å². The third kappa shape index (κ3) is 4.87. The molecule has 0 amide bonds. The number of halogens is 2. The second-order valence-electron chi connectivity index (χ2n) is 8.29. The van der Waals surface area contributed by atoms with Gasteiger partial charge >= 0.3 is 0 Å². The number of pyridine rings is 1. The number of hydrogen-bond donors (Lipinski definition) is 1. The molecule has 0 spiro atoms. The number of piperidine rings is 1. The number of benzene rings is 1. The monoisotopic (exact) mass is 495 g/mol. The summed E-state index contributed by atoms with van der Waals surface area (Å²) >= 11 is 0. The predicted molar refractivity (Wildman–Crippen MR) is 130 cm³/mol. The van der Waals surface area contributed by atoms with Crippen LogP contribution >= 0.6 is 12.4 Å². The highest BCUT2D eigenvalue weighted by atomic mass is 35.5. The zero-order chi connectivity index (χ0) is 23.0. The van der Waals surface area contributed by atoms with Crippen LogP contribution in [0.25, 0.3) is 22.2 Å².